The number of halogens is 1. The normalized spacial score (nSPS) is 11.2. The van der Waals surface area contributed by atoms with Gasteiger partial charge in [0.2, 0.25) is 0 Å². The Bertz CT molecular complexity index is 493. The molecule has 2 nitrogen and oxygen atoms in total. The fourth-order valence-corrected chi connectivity index (χ4v) is 2.43. The Morgan fingerprint density at radius 2 is 2.25 bits per heavy atom. The number of hydrogen-bond acceptors (Lipinski definition) is 2. The SMILES string of the molecule is CCCCn1c(CS)nc2cc(Br)ccc21. The number of imidazole rings is 1. The van der Waals surface area contributed by atoms with E-state index in [1.807, 2.05) is 0 Å². The zero-order valence-electron chi connectivity index (χ0n) is 9.28. The second-order valence-corrected chi connectivity index (χ2v) is 5.06. The minimum Gasteiger partial charge on any atom is -0.327 e. The fraction of sp³-hybridized carbons (Fsp3) is 0.417. The van der Waals surface area contributed by atoms with Crippen LogP contribution in [-0.2, 0) is 12.3 Å². The Kier molecular flexibility index (Phi) is 3.92. The van der Waals surface area contributed by atoms with Gasteiger partial charge in [-0.2, -0.15) is 12.6 Å². The number of nitrogens with zero attached hydrogens (tertiary/aromatic N) is 2. The van der Waals surface area contributed by atoms with E-state index in [0.29, 0.717) is 5.75 Å². The molecular formula is C12H15BrN2S. The predicted molar refractivity (Wildman–Crippen MR) is 75.0 cm³/mol. The number of fused-ring (bicyclic) bond motifs is 1. The molecule has 0 N–H and O–H groups in total. The second-order valence-electron chi connectivity index (χ2n) is 3.82. The minimum absolute atomic E-state index is 0.690. The zero-order valence-corrected chi connectivity index (χ0v) is 11.8. The highest BCUT2D eigenvalue weighted by Gasteiger charge is 2.08. The lowest BCUT2D eigenvalue weighted by Gasteiger charge is -2.06. The van der Waals surface area contributed by atoms with Crippen molar-refractivity contribution in [2.75, 3.05) is 0 Å². The van der Waals surface area contributed by atoms with E-state index in [1.54, 1.807) is 0 Å². The van der Waals surface area contributed by atoms with Gasteiger partial charge in [-0.05, 0) is 24.6 Å². The third-order valence-corrected chi connectivity index (χ3v) is 3.44. The number of aryl methyl sites for hydroxylation is 1. The number of thiol groups is 1. The predicted octanol–water partition coefficient (Wildman–Crippen LogP) is 4.03. The second kappa shape index (κ2) is 5.23. The van der Waals surface area contributed by atoms with E-state index < -0.39 is 0 Å². The van der Waals surface area contributed by atoms with Crippen LogP contribution < -0.4 is 0 Å². The smallest absolute Gasteiger partial charge is 0.119 e. The molecule has 0 saturated carbocycles. The van der Waals surface area contributed by atoms with E-state index in [1.165, 1.54) is 18.4 Å². The summed E-state index contributed by atoms with van der Waals surface area (Å²) < 4.78 is 3.35. The zero-order chi connectivity index (χ0) is 11.5. The van der Waals surface area contributed by atoms with Crippen molar-refractivity contribution in [2.24, 2.45) is 0 Å². The third-order valence-electron chi connectivity index (χ3n) is 2.67. The Morgan fingerprint density at radius 1 is 1.44 bits per heavy atom. The van der Waals surface area contributed by atoms with Crippen LogP contribution in [0, 0.1) is 0 Å². The summed E-state index contributed by atoms with van der Waals surface area (Å²) in [6, 6.07) is 6.24. The van der Waals surface area contributed by atoms with Gasteiger partial charge in [-0.1, -0.05) is 29.3 Å². The quantitative estimate of drug-likeness (QED) is 0.844. The van der Waals surface area contributed by atoms with Crippen molar-refractivity contribution < 1.29 is 0 Å². The minimum atomic E-state index is 0.690. The Labute approximate surface area is 110 Å². The number of aromatic nitrogens is 2. The molecule has 2 rings (SSSR count). The van der Waals surface area contributed by atoms with E-state index in [0.717, 1.165) is 22.4 Å². The molecule has 0 spiro atoms. The van der Waals surface area contributed by atoms with Crippen LogP contribution in [0.1, 0.15) is 25.6 Å². The van der Waals surface area contributed by atoms with Crippen molar-refractivity contribution in [3.63, 3.8) is 0 Å². The highest BCUT2D eigenvalue weighted by atomic mass is 79.9. The van der Waals surface area contributed by atoms with Gasteiger partial charge < -0.3 is 4.57 Å². The molecule has 0 saturated heterocycles. The maximum absolute atomic E-state index is 4.60. The molecule has 0 bridgehead atoms. The summed E-state index contributed by atoms with van der Waals surface area (Å²) in [7, 11) is 0. The standard InChI is InChI=1S/C12H15BrN2S/c1-2-3-6-15-11-5-4-9(13)7-10(11)14-12(15)8-16/h4-5,7,16H,2-3,6,8H2,1H3. The lowest BCUT2D eigenvalue weighted by atomic mass is 10.3. The molecule has 0 aliphatic carbocycles. The van der Waals surface area contributed by atoms with Crippen LogP contribution in [-0.4, -0.2) is 9.55 Å². The summed E-state index contributed by atoms with van der Waals surface area (Å²) in [6.45, 7) is 3.24. The first-order valence-electron chi connectivity index (χ1n) is 5.51. The number of hydrogen-bond donors (Lipinski definition) is 1. The summed E-state index contributed by atoms with van der Waals surface area (Å²) in [5.74, 6) is 1.75. The van der Waals surface area contributed by atoms with Crippen LogP contribution >= 0.6 is 28.6 Å². The molecule has 1 aromatic carbocycles. The molecule has 16 heavy (non-hydrogen) atoms. The largest absolute Gasteiger partial charge is 0.327 e. The molecule has 4 heteroatoms. The van der Waals surface area contributed by atoms with Gasteiger partial charge in [0.05, 0.1) is 11.0 Å². The summed E-state index contributed by atoms with van der Waals surface area (Å²) in [5, 5.41) is 0. The highest BCUT2D eigenvalue weighted by Crippen LogP contribution is 2.22. The first-order chi connectivity index (χ1) is 7.76. The van der Waals surface area contributed by atoms with Gasteiger partial charge >= 0.3 is 0 Å². The molecule has 0 radical (unpaired) electrons. The molecule has 0 aliphatic heterocycles. The van der Waals surface area contributed by atoms with Gasteiger partial charge in [0.15, 0.2) is 0 Å². The number of benzene rings is 1. The summed E-state index contributed by atoms with van der Waals surface area (Å²) in [5.41, 5.74) is 2.26. The fourth-order valence-electron chi connectivity index (χ4n) is 1.84. The number of unbranched alkanes of at least 4 members (excludes halogenated alkanes) is 1. The van der Waals surface area contributed by atoms with Crippen LogP contribution in [0.5, 0.6) is 0 Å². The Hall–Kier alpha value is -0.480. The van der Waals surface area contributed by atoms with Crippen molar-refractivity contribution in [3.05, 3.63) is 28.5 Å². The lowest BCUT2D eigenvalue weighted by Crippen LogP contribution is -2.02. The molecule has 1 aromatic heterocycles. The molecular weight excluding hydrogens is 284 g/mol. The maximum atomic E-state index is 4.60. The van der Waals surface area contributed by atoms with Gasteiger partial charge in [-0.3, -0.25) is 0 Å². The van der Waals surface area contributed by atoms with Gasteiger partial charge in [0.1, 0.15) is 5.82 Å². The van der Waals surface area contributed by atoms with Gasteiger partial charge in [0, 0.05) is 16.8 Å². The van der Waals surface area contributed by atoms with Gasteiger partial charge in [0.25, 0.3) is 0 Å². The Morgan fingerprint density at radius 3 is 2.94 bits per heavy atom. The van der Waals surface area contributed by atoms with Crippen LogP contribution in [0.3, 0.4) is 0 Å². The molecule has 0 fully saturated rings. The van der Waals surface area contributed by atoms with E-state index in [9.17, 15) is 0 Å². The lowest BCUT2D eigenvalue weighted by molar-refractivity contribution is 0.629. The van der Waals surface area contributed by atoms with E-state index in [2.05, 4.69) is 63.2 Å². The summed E-state index contributed by atoms with van der Waals surface area (Å²) in [4.78, 5) is 4.60. The van der Waals surface area contributed by atoms with Crippen molar-refractivity contribution >= 4 is 39.6 Å². The van der Waals surface area contributed by atoms with Crippen molar-refractivity contribution in [2.45, 2.75) is 32.1 Å². The average molecular weight is 299 g/mol. The molecule has 0 atom stereocenters. The van der Waals surface area contributed by atoms with Crippen LogP contribution in [0.2, 0.25) is 0 Å². The van der Waals surface area contributed by atoms with E-state index >= 15 is 0 Å². The first-order valence-corrected chi connectivity index (χ1v) is 6.94. The summed E-state index contributed by atoms with van der Waals surface area (Å²) in [6.07, 6.45) is 2.38. The van der Waals surface area contributed by atoms with Gasteiger partial charge in [-0.15, -0.1) is 0 Å². The van der Waals surface area contributed by atoms with Gasteiger partial charge in [-0.25, -0.2) is 4.98 Å². The third kappa shape index (κ3) is 2.28. The molecule has 0 unspecified atom stereocenters. The topological polar surface area (TPSA) is 17.8 Å². The molecule has 1 heterocycles. The highest BCUT2D eigenvalue weighted by molar-refractivity contribution is 9.10. The molecule has 2 aromatic rings. The van der Waals surface area contributed by atoms with Crippen LogP contribution in [0.25, 0.3) is 11.0 Å². The van der Waals surface area contributed by atoms with Crippen LogP contribution in [0.4, 0.5) is 0 Å². The average Bonchev–Trinajstić information content (AvgIpc) is 2.63. The van der Waals surface area contributed by atoms with Crippen LogP contribution in [0.15, 0.2) is 22.7 Å². The molecule has 0 amide bonds. The van der Waals surface area contributed by atoms with Crippen molar-refractivity contribution in [1.29, 1.82) is 0 Å². The van der Waals surface area contributed by atoms with Crippen molar-refractivity contribution in [1.82, 2.24) is 9.55 Å². The molecule has 0 aliphatic rings. The number of rotatable bonds is 4. The summed E-state index contributed by atoms with van der Waals surface area (Å²) >= 11 is 7.82. The Balaban J connectivity index is 2.50. The first kappa shape index (κ1) is 12.0. The monoisotopic (exact) mass is 298 g/mol. The van der Waals surface area contributed by atoms with E-state index in [-0.39, 0.29) is 0 Å². The van der Waals surface area contributed by atoms with E-state index in [4.69, 9.17) is 0 Å². The maximum Gasteiger partial charge on any atom is 0.119 e. The molecule has 86 valence electrons. The van der Waals surface area contributed by atoms with Crippen molar-refractivity contribution in [3.8, 4) is 0 Å².